The lowest BCUT2D eigenvalue weighted by Crippen LogP contribution is -2.25. The molecule has 0 aliphatic heterocycles. The molecule has 0 aromatic rings. The Morgan fingerprint density at radius 2 is 1.90 bits per heavy atom. The number of alkyl halides is 1. The van der Waals surface area contributed by atoms with Gasteiger partial charge in [-0.05, 0) is 34.1 Å². The van der Waals surface area contributed by atoms with Crippen LogP contribution < -0.4 is 0 Å². The number of halogens is 1. The maximum absolute atomic E-state index is 5.59. The molecule has 2 heteroatoms. The Morgan fingerprint density at radius 3 is 2.20 bits per heavy atom. The highest BCUT2D eigenvalue weighted by Gasteiger charge is 2.13. The van der Waals surface area contributed by atoms with Crippen molar-refractivity contribution in [1.29, 1.82) is 0 Å². The highest BCUT2D eigenvalue weighted by Crippen LogP contribution is 2.12. The minimum atomic E-state index is -0.0362. The summed E-state index contributed by atoms with van der Waals surface area (Å²) in [4.78, 5) is 0. The normalized spacial score (nSPS) is 15.3. The van der Waals surface area contributed by atoms with Crippen LogP contribution in [-0.4, -0.2) is 17.6 Å². The van der Waals surface area contributed by atoms with Gasteiger partial charge in [-0.1, -0.05) is 0 Å². The third-order valence-corrected chi connectivity index (χ3v) is 1.29. The average molecular weight is 165 g/mol. The molecule has 0 radical (unpaired) electrons. The second-order valence-corrected chi connectivity index (χ2v) is 3.90. The van der Waals surface area contributed by atoms with E-state index in [0.717, 1.165) is 6.42 Å². The van der Waals surface area contributed by atoms with Gasteiger partial charge >= 0.3 is 0 Å². The molecule has 0 N–H and O–H groups in total. The van der Waals surface area contributed by atoms with Crippen LogP contribution in [0.3, 0.4) is 0 Å². The van der Waals surface area contributed by atoms with Crippen molar-refractivity contribution in [2.45, 2.75) is 45.8 Å². The summed E-state index contributed by atoms with van der Waals surface area (Å²) in [5, 5.41) is 0. The van der Waals surface area contributed by atoms with Crippen LogP contribution >= 0.6 is 11.6 Å². The monoisotopic (exact) mass is 164 g/mol. The molecule has 0 aliphatic carbocycles. The molecule has 0 amide bonds. The van der Waals surface area contributed by atoms with E-state index < -0.39 is 0 Å². The third-order valence-electron chi connectivity index (χ3n) is 1.07. The van der Waals surface area contributed by atoms with E-state index in [2.05, 4.69) is 20.8 Å². The Balaban J connectivity index is 3.47. The summed E-state index contributed by atoms with van der Waals surface area (Å²) in [5.41, 5.74) is -0.0362. The van der Waals surface area contributed by atoms with E-state index in [-0.39, 0.29) is 11.7 Å². The summed E-state index contributed by atoms with van der Waals surface area (Å²) in [6.07, 6.45) is 1.20. The van der Waals surface area contributed by atoms with Crippen LogP contribution in [0, 0.1) is 0 Å². The molecule has 0 fully saturated rings. The lowest BCUT2D eigenvalue weighted by atomic mass is 10.2. The minimum absolute atomic E-state index is 0.0362. The van der Waals surface area contributed by atoms with Gasteiger partial charge in [-0.15, -0.1) is 11.6 Å². The molecule has 0 saturated carbocycles. The number of hydrogen-bond donors (Lipinski definition) is 0. The standard InChI is InChI=1S/C8H17ClO/c1-7(5-6-9)10-8(2,3)4/h7H,5-6H2,1-4H3. The molecule has 0 aromatic carbocycles. The van der Waals surface area contributed by atoms with Gasteiger partial charge in [0.2, 0.25) is 0 Å². The van der Waals surface area contributed by atoms with E-state index >= 15 is 0 Å². The fraction of sp³-hybridized carbons (Fsp3) is 1.00. The number of ether oxygens (including phenoxy) is 1. The van der Waals surface area contributed by atoms with Gasteiger partial charge in [0.1, 0.15) is 0 Å². The van der Waals surface area contributed by atoms with Gasteiger partial charge in [-0.2, -0.15) is 0 Å². The first-order valence-corrected chi connectivity index (χ1v) is 4.23. The highest BCUT2D eigenvalue weighted by molar-refractivity contribution is 6.17. The first-order chi connectivity index (χ1) is 4.45. The lowest BCUT2D eigenvalue weighted by Gasteiger charge is -2.24. The van der Waals surface area contributed by atoms with Gasteiger partial charge in [0.15, 0.2) is 0 Å². The summed E-state index contributed by atoms with van der Waals surface area (Å²) in [5.74, 6) is 0.678. The van der Waals surface area contributed by atoms with Crippen molar-refractivity contribution in [2.75, 3.05) is 5.88 Å². The molecule has 0 aliphatic rings. The van der Waals surface area contributed by atoms with Gasteiger partial charge in [0.25, 0.3) is 0 Å². The second-order valence-electron chi connectivity index (χ2n) is 3.52. The molecule has 1 nitrogen and oxygen atoms in total. The number of hydrogen-bond acceptors (Lipinski definition) is 1. The summed E-state index contributed by atoms with van der Waals surface area (Å²) in [7, 11) is 0. The van der Waals surface area contributed by atoms with Gasteiger partial charge < -0.3 is 4.74 Å². The Morgan fingerprint density at radius 1 is 1.40 bits per heavy atom. The molecule has 0 heterocycles. The van der Waals surface area contributed by atoms with Crippen LogP contribution in [0.4, 0.5) is 0 Å². The van der Waals surface area contributed by atoms with Crippen LogP contribution in [0.1, 0.15) is 34.1 Å². The maximum Gasteiger partial charge on any atom is 0.0602 e. The van der Waals surface area contributed by atoms with Crippen molar-refractivity contribution in [3.8, 4) is 0 Å². The molecular weight excluding hydrogens is 148 g/mol. The summed E-state index contributed by atoms with van der Waals surface area (Å²) in [6.45, 7) is 8.21. The van der Waals surface area contributed by atoms with E-state index in [1.165, 1.54) is 0 Å². The van der Waals surface area contributed by atoms with Crippen molar-refractivity contribution in [3.05, 3.63) is 0 Å². The quantitative estimate of drug-likeness (QED) is 0.583. The van der Waals surface area contributed by atoms with E-state index in [1.807, 2.05) is 6.92 Å². The van der Waals surface area contributed by atoms with E-state index in [4.69, 9.17) is 16.3 Å². The predicted molar refractivity (Wildman–Crippen MR) is 45.6 cm³/mol. The van der Waals surface area contributed by atoms with Crippen LogP contribution in [0.25, 0.3) is 0 Å². The first-order valence-electron chi connectivity index (χ1n) is 3.69. The molecule has 0 rings (SSSR count). The fourth-order valence-electron chi connectivity index (χ4n) is 0.816. The Kier molecular flexibility index (Phi) is 4.30. The summed E-state index contributed by atoms with van der Waals surface area (Å²) >= 11 is 5.55. The Hall–Kier alpha value is 0.250. The molecule has 0 aromatic heterocycles. The van der Waals surface area contributed by atoms with E-state index in [1.54, 1.807) is 0 Å². The zero-order valence-electron chi connectivity index (χ0n) is 7.28. The summed E-state index contributed by atoms with van der Waals surface area (Å²) in [6, 6.07) is 0. The van der Waals surface area contributed by atoms with Gasteiger partial charge in [-0.3, -0.25) is 0 Å². The van der Waals surface area contributed by atoms with Gasteiger partial charge in [-0.25, -0.2) is 0 Å². The molecule has 10 heavy (non-hydrogen) atoms. The van der Waals surface area contributed by atoms with Crippen molar-refractivity contribution in [3.63, 3.8) is 0 Å². The topological polar surface area (TPSA) is 9.23 Å². The van der Waals surface area contributed by atoms with Crippen molar-refractivity contribution in [2.24, 2.45) is 0 Å². The molecule has 0 saturated heterocycles. The zero-order valence-corrected chi connectivity index (χ0v) is 8.03. The molecule has 1 atom stereocenters. The van der Waals surface area contributed by atoms with Crippen LogP contribution in [0.5, 0.6) is 0 Å². The zero-order chi connectivity index (χ0) is 8.20. The van der Waals surface area contributed by atoms with Gasteiger partial charge in [0, 0.05) is 5.88 Å². The Bertz CT molecular complexity index is 85.7. The second kappa shape index (κ2) is 4.20. The first kappa shape index (κ1) is 10.2. The lowest BCUT2D eigenvalue weighted by molar-refractivity contribution is -0.0518. The fourth-order valence-corrected chi connectivity index (χ4v) is 1.12. The largest absolute Gasteiger partial charge is 0.373 e. The van der Waals surface area contributed by atoms with Crippen molar-refractivity contribution < 1.29 is 4.74 Å². The molecule has 1 unspecified atom stereocenters. The molecule has 62 valence electrons. The predicted octanol–water partition coefficient (Wildman–Crippen LogP) is 2.82. The smallest absolute Gasteiger partial charge is 0.0602 e. The maximum atomic E-state index is 5.59. The molecular formula is C8H17ClO. The minimum Gasteiger partial charge on any atom is -0.373 e. The SMILES string of the molecule is CC(CCCl)OC(C)(C)C. The third kappa shape index (κ3) is 6.37. The molecule has 0 bridgehead atoms. The Labute approximate surface area is 68.7 Å². The average Bonchev–Trinajstić information content (AvgIpc) is 1.59. The van der Waals surface area contributed by atoms with E-state index in [0.29, 0.717) is 5.88 Å². The highest BCUT2D eigenvalue weighted by atomic mass is 35.5. The van der Waals surface area contributed by atoms with Crippen molar-refractivity contribution >= 4 is 11.6 Å². The van der Waals surface area contributed by atoms with E-state index in [9.17, 15) is 0 Å². The van der Waals surface area contributed by atoms with Gasteiger partial charge in [0.05, 0.1) is 11.7 Å². The van der Waals surface area contributed by atoms with Crippen molar-refractivity contribution in [1.82, 2.24) is 0 Å². The number of rotatable bonds is 3. The molecule has 0 spiro atoms. The van der Waals surface area contributed by atoms with Crippen LogP contribution in [0.2, 0.25) is 0 Å². The van der Waals surface area contributed by atoms with Crippen LogP contribution in [0.15, 0.2) is 0 Å². The summed E-state index contributed by atoms with van der Waals surface area (Å²) < 4.78 is 5.59. The van der Waals surface area contributed by atoms with Crippen LogP contribution in [-0.2, 0) is 4.74 Å².